The van der Waals surface area contributed by atoms with Gasteiger partial charge in [0.2, 0.25) is 17.6 Å². The van der Waals surface area contributed by atoms with Gasteiger partial charge in [0, 0.05) is 37.4 Å². The third-order valence-electron chi connectivity index (χ3n) is 6.14. The summed E-state index contributed by atoms with van der Waals surface area (Å²) in [6.45, 7) is 7.97. The molecular formula is C25H31N5O3. The number of hydrogen-bond donors (Lipinski definition) is 1. The van der Waals surface area contributed by atoms with E-state index in [-0.39, 0.29) is 11.9 Å². The Bertz CT molecular complexity index is 1040. The van der Waals surface area contributed by atoms with Gasteiger partial charge in [-0.2, -0.15) is 4.98 Å². The molecule has 1 aliphatic rings. The first-order chi connectivity index (χ1) is 16.1. The molecule has 1 fully saturated rings. The molecule has 1 N–H and O–H groups in total. The fraction of sp³-hybridized carbons (Fsp3) is 0.400. The number of carbonyl (C=O) groups is 1. The number of amides is 1. The van der Waals surface area contributed by atoms with E-state index in [2.05, 4.69) is 44.3 Å². The minimum absolute atomic E-state index is 0.0220. The summed E-state index contributed by atoms with van der Waals surface area (Å²) >= 11 is 0. The van der Waals surface area contributed by atoms with Crippen LogP contribution in [0.5, 0.6) is 5.75 Å². The number of ether oxygens (including phenoxy) is 1. The molecule has 0 aliphatic carbocycles. The summed E-state index contributed by atoms with van der Waals surface area (Å²) in [5, 5.41) is 7.14. The van der Waals surface area contributed by atoms with Gasteiger partial charge < -0.3 is 14.6 Å². The number of nitrogens with zero attached hydrogens (tertiary/aromatic N) is 4. The van der Waals surface area contributed by atoms with Gasteiger partial charge in [-0.25, -0.2) is 0 Å². The van der Waals surface area contributed by atoms with Gasteiger partial charge in [-0.05, 0) is 55.3 Å². The van der Waals surface area contributed by atoms with Crippen molar-refractivity contribution in [1.29, 1.82) is 0 Å². The number of carbonyl (C=O) groups excluding carboxylic acids is 1. The number of rotatable bonds is 8. The lowest BCUT2D eigenvalue weighted by Gasteiger charge is -2.36. The molecule has 2 heterocycles. The highest BCUT2D eigenvalue weighted by Crippen LogP contribution is 2.20. The van der Waals surface area contributed by atoms with Crippen LogP contribution in [-0.2, 0) is 17.8 Å². The highest BCUT2D eigenvalue weighted by molar-refractivity contribution is 5.94. The second kappa shape index (κ2) is 10.6. The topological polar surface area (TPSA) is 83.7 Å². The average Bonchev–Trinajstić information content (AvgIpc) is 3.33. The van der Waals surface area contributed by atoms with Gasteiger partial charge >= 0.3 is 0 Å². The Morgan fingerprint density at radius 1 is 1.09 bits per heavy atom. The molecule has 1 saturated heterocycles. The van der Waals surface area contributed by atoms with Crippen LogP contribution in [0, 0.1) is 0 Å². The van der Waals surface area contributed by atoms with Crippen molar-refractivity contribution >= 4 is 11.6 Å². The number of aromatic nitrogens is 2. The zero-order valence-corrected chi connectivity index (χ0v) is 19.5. The van der Waals surface area contributed by atoms with Crippen LogP contribution in [0.3, 0.4) is 0 Å². The predicted octanol–water partition coefficient (Wildman–Crippen LogP) is 3.45. The van der Waals surface area contributed by atoms with Crippen LogP contribution < -0.4 is 10.1 Å². The van der Waals surface area contributed by atoms with E-state index in [1.165, 1.54) is 5.56 Å². The van der Waals surface area contributed by atoms with E-state index >= 15 is 0 Å². The van der Waals surface area contributed by atoms with Gasteiger partial charge in [-0.1, -0.05) is 24.2 Å². The summed E-state index contributed by atoms with van der Waals surface area (Å²) in [4.78, 5) is 21.7. The lowest BCUT2D eigenvalue weighted by molar-refractivity contribution is -0.121. The van der Waals surface area contributed by atoms with Gasteiger partial charge in [0.25, 0.3) is 0 Å². The molecular weight excluding hydrogens is 418 g/mol. The Kier molecular flexibility index (Phi) is 7.36. The van der Waals surface area contributed by atoms with E-state index in [0.717, 1.165) is 49.6 Å². The maximum atomic E-state index is 12.7. The first-order valence-corrected chi connectivity index (χ1v) is 11.4. The quantitative estimate of drug-likeness (QED) is 0.564. The third-order valence-corrected chi connectivity index (χ3v) is 6.14. The molecule has 1 amide bonds. The van der Waals surface area contributed by atoms with Crippen LogP contribution in [-0.4, -0.2) is 65.2 Å². The molecule has 1 aliphatic heterocycles. The zero-order chi connectivity index (χ0) is 23.2. The SMILES string of the molecule is CCc1ccc(NC(=O)C(C)N2CCN(Cc3nc(-c4ccc(OC)cc4)no3)CC2)cc1. The van der Waals surface area contributed by atoms with Crippen LogP contribution in [0.2, 0.25) is 0 Å². The van der Waals surface area contributed by atoms with Crippen molar-refractivity contribution in [3.8, 4) is 17.1 Å². The molecule has 0 bridgehead atoms. The Hall–Kier alpha value is -3.23. The first-order valence-electron chi connectivity index (χ1n) is 11.4. The number of nitrogens with one attached hydrogen (secondary N) is 1. The Morgan fingerprint density at radius 3 is 2.42 bits per heavy atom. The van der Waals surface area contributed by atoms with E-state index in [1.807, 2.05) is 43.3 Å². The number of methoxy groups -OCH3 is 1. The Morgan fingerprint density at radius 2 is 1.79 bits per heavy atom. The molecule has 3 aromatic rings. The molecule has 0 radical (unpaired) electrons. The van der Waals surface area contributed by atoms with Crippen molar-refractivity contribution in [3.63, 3.8) is 0 Å². The summed E-state index contributed by atoms with van der Waals surface area (Å²) in [7, 11) is 1.64. The van der Waals surface area contributed by atoms with Gasteiger partial charge in [0.15, 0.2) is 0 Å². The van der Waals surface area contributed by atoms with E-state index in [9.17, 15) is 4.79 Å². The summed E-state index contributed by atoms with van der Waals surface area (Å²) in [5.74, 6) is 1.98. The highest BCUT2D eigenvalue weighted by Gasteiger charge is 2.26. The Labute approximate surface area is 194 Å². The largest absolute Gasteiger partial charge is 0.497 e. The fourth-order valence-corrected chi connectivity index (χ4v) is 3.91. The summed E-state index contributed by atoms with van der Waals surface area (Å²) in [6, 6.07) is 15.4. The standard InChI is InChI=1S/C25H31N5O3/c1-4-19-5-9-21(10-6-19)26-25(31)18(2)30-15-13-29(14-16-30)17-23-27-24(28-33-23)20-7-11-22(32-3)12-8-20/h5-12,18H,4,13-17H2,1-3H3,(H,26,31). The van der Waals surface area contributed by atoms with Crippen LogP contribution >= 0.6 is 0 Å². The molecule has 4 rings (SSSR count). The predicted molar refractivity (Wildman–Crippen MR) is 127 cm³/mol. The molecule has 8 heteroatoms. The molecule has 0 saturated carbocycles. The first kappa shape index (κ1) is 22.9. The lowest BCUT2D eigenvalue weighted by atomic mass is 10.1. The number of piperazine rings is 1. The third kappa shape index (κ3) is 5.77. The lowest BCUT2D eigenvalue weighted by Crippen LogP contribution is -2.52. The normalized spacial score (nSPS) is 15.8. The second-order valence-corrected chi connectivity index (χ2v) is 8.27. The monoisotopic (exact) mass is 449 g/mol. The summed E-state index contributed by atoms with van der Waals surface area (Å²) < 4.78 is 10.7. The number of anilines is 1. The van der Waals surface area contributed by atoms with Crippen molar-refractivity contribution in [3.05, 3.63) is 60.0 Å². The zero-order valence-electron chi connectivity index (χ0n) is 19.5. The minimum Gasteiger partial charge on any atom is -0.497 e. The van der Waals surface area contributed by atoms with Crippen LogP contribution in [0.15, 0.2) is 53.1 Å². The summed E-state index contributed by atoms with van der Waals surface area (Å²) in [6.07, 6.45) is 0.987. The van der Waals surface area contributed by atoms with Gasteiger partial charge in [0.1, 0.15) is 5.75 Å². The van der Waals surface area contributed by atoms with Crippen LogP contribution in [0.25, 0.3) is 11.4 Å². The highest BCUT2D eigenvalue weighted by atomic mass is 16.5. The smallest absolute Gasteiger partial charge is 0.241 e. The number of benzene rings is 2. The van der Waals surface area contributed by atoms with Crippen LogP contribution in [0.1, 0.15) is 25.3 Å². The maximum Gasteiger partial charge on any atom is 0.241 e. The van der Waals surface area contributed by atoms with Crippen molar-refractivity contribution in [2.75, 3.05) is 38.6 Å². The number of hydrogen-bond acceptors (Lipinski definition) is 7. The molecule has 33 heavy (non-hydrogen) atoms. The number of aryl methyl sites for hydroxylation is 1. The molecule has 2 aromatic carbocycles. The van der Waals surface area contributed by atoms with Gasteiger partial charge in [-0.15, -0.1) is 0 Å². The van der Waals surface area contributed by atoms with Crippen molar-refractivity contribution in [2.45, 2.75) is 32.9 Å². The molecule has 0 spiro atoms. The average molecular weight is 450 g/mol. The van der Waals surface area contributed by atoms with Gasteiger partial charge in [0.05, 0.1) is 19.7 Å². The molecule has 1 aromatic heterocycles. The van der Waals surface area contributed by atoms with E-state index in [4.69, 9.17) is 9.26 Å². The van der Waals surface area contributed by atoms with Crippen molar-refractivity contribution < 1.29 is 14.1 Å². The molecule has 1 atom stereocenters. The minimum atomic E-state index is -0.192. The second-order valence-electron chi connectivity index (χ2n) is 8.27. The Balaban J connectivity index is 1.26. The summed E-state index contributed by atoms with van der Waals surface area (Å²) in [5.41, 5.74) is 2.99. The molecule has 1 unspecified atom stereocenters. The van der Waals surface area contributed by atoms with E-state index in [1.54, 1.807) is 7.11 Å². The molecule has 8 nitrogen and oxygen atoms in total. The molecule has 174 valence electrons. The maximum absolute atomic E-state index is 12.7. The fourth-order valence-electron chi connectivity index (χ4n) is 3.91. The van der Waals surface area contributed by atoms with Gasteiger partial charge in [-0.3, -0.25) is 14.6 Å². The van der Waals surface area contributed by atoms with E-state index < -0.39 is 0 Å². The van der Waals surface area contributed by atoms with Crippen molar-refractivity contribution in [1.82, 2.24) is 19.9 Å². The van der Waals surface area contributed by atoms with Crippen LogP contribution in [0.4, 0.5) is 5.69 Å². The van der Waals surface area contributed by atoms with Crippen molar-refractivity contribution in [2.24, 2.45) is 0 Å². The van der Waals surface area contributed by atoms with E-state index in [0.29, 0.717) is 18.3 Å².